The molecule has 1 aliphatic heterocycles. The fourth-order valence-corrected chi connectivity index (χ4v) is 2.37. The predicted molar refractivity (Wildman–Crippen MR) is 91.8 cm³/mol. The topological polar surface area (TPSA) is 59.1 Å². The maximum absolute atomic E-state index is 12.7. The average Bonchev–Trinajstić information content (AvgIpc) is 2.42. The van der Waals surface area contributed by atoms with Gasteiger partial charge in [-0.3, -0.25) is 0 Å². The standard InChI is InChI=1S/C18H26N2O4/c1-17(2,3)23-15(21)19-12-11-13-9-7-8-10-14(13)20(19)16(22)24-18(4,5)6/h7-10H,11-12H2,1-6H3. The molecule has 0 fully saturated rings. The van der Waals surface area contributed by atoms with E-state index in [1.807, 2.05) is 18.2 Å². The third-order valence-electron chi connectivity index (χ3n) is 3.22. The highest BCUT2D eigenvalue weighted by Gasteiger charge is 2.37. The van der Waals surface area contributed by atoms with Gasteiger partial charge in [-0.2, -0.15) is 5.01 Å². The Morgan fingerprint density at radius 1 is 0.917 bits per heavy atom. The summed E-state index contributed by atoms with van der Waals surface area (Å²) in [6.07, 6.45) is -0.516. The van der Waals surface area contributed by atoms with Crippen LogP contribution in [0.25, 0.3) is 0 Å². The number of benzene rings is 1. The number of nitrogens with zero attached hydrogens (tertiary/aromatic N) is 2. The van der Waals surface area contributed by atoms with Crippen LogP contribution in [0.1, 0.15) is 47.1 Å². The molecule has 0 N–H and O–H groups in total. The Labute approximate surface area is 143 Å². The molecule has 1 heterocycles. The van der Waals surface area contributed by atoms with Crippen LogP contribution < -0.4 is 5.01 Å². The van der Waals surface area contributed by atoms with E-state index < -0.39 is 23.4 Å². The highest BCUT2D eigenvalue weighted by Crippen LogP contribution is 2.30. The minimum Gasteiger partial charge on any atom is -0.442 e. The quantitative estimate of drug-likeness (QED) is 0.715. The molecule has 0 aromatic heterocycles. The number of anilines is 1. The molecule has 6 heteroatoms. The van der Waals surface area contributed by atoms with Gasteiger partial charge in [0.05, 0.1) is 12.2 Å². The summed E-state index contributed by atoms with van der Waals surface area (Å²) in [4.78, 5) is 25.3. The molecule has 1 aromatic rings. The third-order valence-corrected chi connectivity index (χ3v) is 3.22. The first-order valence-electron chi connectivity index (χ1n) is 8.09. The fraction of sp³-hybridized carbons (Fsp3) is 0.556. The summed E-state index contributed by atoms with van der Waals surface area (Å²) < 4.78 is 10.9. The Kier molecular flexibility index (Phi) is 4.78. The number of amides is 2. The molecule has 0 aliphatic carbocycles. The van der Waals surface area contributed by atoms with E-state index in [0.717, 1.165) is 5.56 Å². The second-order valence-electron chi connectivity index (χ2n) is 7.77. The van der Waals surface area contributed by atoms with E-state index >= 15 is 0 Å². The van der Waals surface area contributed by atoms with Crippen LogP contribution in [0.3, 0.4) is 0 Å². The highest BCUT2D eigenvalue weighted by molar-refractivity contribution is 5.92. The van der Waals surface area contributed by atoms with E-state index in [1.165, 1.54) is 10.0 Å². The molecule has 0 saturated heterocycles. The van der Waals surface area contributed by atoms with E-state index in [0.29, 0.717) is 18.7 Å². The second kappa shape index (κ2) is 6.34. The molecule has 1 aromatic carbocycles. The Morgan fingerprint density at radius 3 is 2.04 bits per heavy atom. The van der Waals surface area contributed by atoms with Gasteiger partial charge >= 0.3 is 12.2 Å². The minimum absolute atomic E-state index is 0.352. The molecule has 1 aliphatic rings. The lowest BCUT2D eigenvalue weighted by Crippen LogP contribution is -2.55. The van der Waals surface area contributed by atoms with Crippen molar-refractivity contribution in [2.24, 2.45) is 0 Å². The van der Waals surface area contributed by atoms with Gasteiger partial charge in [0.2, 0.25) is 0 Å². The zero-order valence-electron chi connectivity index (χ0n) is 15.3. The van der Waals surface area contributed by atoms with Crippen molar-refractivity contribution >= 4 is 17.9 Å². The van der Waals surface area contributed by atoms with Gasteiger partial charge in [0.15, 0.2) is 0 Å². The Hall–Kier alpha value is -2.24. The number of para-hydroxylation sites is 1. The van der Waals surface area contributed by atoms with Crippen molar-refractivity contribution in [2.45, 2.75) is 59.2 Å². The predicted octanol–water partition coefficient (Wildman–Crippen LogP) is 4.14. The normalized spacial score (nSPS) is 14.9. The number of carbonyl (C=O) groups is 2. The maximum atomic E-state index is 12.7. The summed E-state index contributed by atoms with van der Waals surface area (Å²) >= 11 is 0. The lowest BCUT2D eigenvalue weighted by Gasteiger charge is -2.40. The summed E-state index contributed by atoms with van der Waals surface area (Å²) in [6.45, 7) is 11.1. The van der Waals surface area contributed by atoms with Crippen LogP contribution >= 0.6 is 0 Å². The molecule has 2 rings (SSSR count). The summed E-state index contributed by atoms with van der Waals surface area (Å²) in [7, 11) is 0. The first kappa shape index (κ1) is 18.1. The van der Waals surface area contributed by atoms with Crippen molar-refractivity contribution in [1.29, 1.82) is 0 Å². The lowest BCUT2D eigenvalue weighted by atomic mass is 10.1. The van der Waals surface area contributed by atoms with Gasteiger partial charge in [-0.15, -0.1) is 0 Å². The van der Waals surface area contributed by atoms with Crippen molar-refractivity contribution in [1.82, 2.24) is 5.01 Å². The van der Waals surface area contributed by atoms with Crippen LogP contribution in [0.5, 0.6) is 0 Å². The van der Waals surface area contributed by atoms with Crippen LogP contribution in [0, 0.1) is 0 Å². The number of hydrogen-bond acceptors (Lipinski definition) is 4. The van der Waals surface area contributed by atoms with E-state index in [9.17, 15) is 9.59 Å². The summed E-state index contributed by atoms with van der Waals surface area (Å²) in [5, 5.41) is 2.58. The second-order valence-corrected chi connectivity index (χ2v) is 7.77. The number of hydrazine groups is 1. The number of rotatable bonds is 0. The van der Waals surface area contributed by atoms with E-state index in [2.05, 4.69) is 0 Å². The summed E-state index contributed by atoms with van der Waals surface area (Å²) in [6, 6.07) is 7.49. The molecular formula is C18H26N2O4. The van der Waals surface area contributed by atoms with Gasteiger partial charge in [-0.05, 0) is 59.6 Å². The maximum Gasteiger partial charge on any atom is 0.434 e. The first-order chi connectivity index (χ1) is 11.0. The van der Waals surface area contributed by atoms with E-state index in [-0.39, 0.29) is 0 Å². The minimum atomic E-state index is -0.664. The third kappa shape index (κ3) is 4.40. The molecule has 0 radical (unpaired) electrons. The molecule has 0 spiro atoms. The van der Waals surface area contributed by atoms with Gasteiger partial charge in [-0.1, -0.05) is 18.2 Å². The van der Waals surface area contributed by atoms with Crippen molar-refractivity contribution in [3.8, 4) is 0 Å². The lowest BCUT2D eigenvalue weighted by molar-refractivity contribution is 0.0122. The average molecular weight is 334 g/mol. The van der Waals surface area contributed by atoms with Crippen LogP contribution in [0.2, 0.25) is 0 Å². The SMILES string of the molecule is CC(C)(C)OC(=O)N1CCc2ccccc2N1C(=O)OC(C)(C)C. The van der Waals surface area contributed by atoms with Gasteiger partial charge in [0, 0.05) is 0 Å². The summed E-state index contributed by atoms with van der Waals surface area (Å²) in [5.41, 5.74) is 0.323. The molecule has 2 amide bonds. The molecule has 0 saturated carbocycles. The summed E-state index contributed by atoms with van der Waals surface area (Å²) in [5.74, 6) is 0. The van der Waals surface area contributed by atoms with Gasteiger partial charge in [-0.25, -0.2) is 14.6 Å². The van der Waals surface area contributed by atoms with E-state index in [1.54, 1.807) is 47.6 Å². The first-order valence-corrected chi connectivity index (χ1v) is 8.09. The highest BCUT2D eigenvalue weighted by atomic mass is 16.6. The molecule has 0 bridgehead atoms. The van der Waals surface area contributed by atoms with Crippen molar-refractivity contribution in [3.63, 3.8) is 0 Å². The van der Waals surface area contributed by atoms with Crippen LogP contribution in [-0.4, -0.2) is 34.9 Å². The Balaban J connectivity index is 2.36. The molecule has 24 heavy (non-hydrogen) atoms. The molecule has 6 nitrogen and oxygen atoms in total. The molecule has 132 valence electrons. The Bertz CT molecular complexity index is 629. The van der Waals surface area contributed by atoms with Crippen LogP contribution in [0.15, 0.2) is 24.3 Å². The monoisotopic (exact) mass is 334 g/mol. The molecular weight excluding hydrogens is 308 g/mol. The number of fused-ring (bicyclic) bond motifs is 1. The van der Waals surface area contributed by atoms with Crippen molar-refractivity contribution in [2.75, 3.05) is 11.6 Å². The van der Waals surface area contributed by atoms with Gasteiger partial charge < -0.3 is 9.47 Å². The van der Waals surface area contributed by atoms with Crippen LogP contribution in [-0.2, 0) is 15.9 Å². The zero-order valence-corrected chi connectivity index (χ0v) is 15.3. The van der Waals surface area contributed by atoms with Crippen molar-refractivity contribution in [3.05, 3.63) is 29.8 Å². The number of ether oxygens (including phenoxy) is 2. The largest absolute Gasteiger partial charge is 0.442 e. The molecule has 0 unspecified atom stereocenters. The number of carbonyl (C=O) groups excluding carboxylic acids is 2. The van der Waals surface area contributed by atoms with E-state index in [4.69, 9.17) is 9.47 Å². The number of hydrogen-bond donors (Lipinski definition) is 0. The van der Waals surface area contributed by atoms with Gasteiger partial charge in [0.1, 0.15) is 11.2 Å². The Morgan fingerprint density at radius 2 is 1.46 bits per heavy atom. The van der Waals surface area contributed by atoms with Crippen LogP contribution in [0.4, 0.5) is 15.3 Å². The van der Waals surface area contributed by atoms with Gasteiger partial charge in [0.25, 0.3) is 0 Å². The van der Waals surface area contributed by atoms with Crippen molar-refractivity contribution < 1.29 is 19.1 Å². The smallest absolute Gasteiger partial charge is 0.434 e. The fourth-order valence-electron chi connectivity index (χ4n) is 2.37. The zero-order chi connectivity index (χ0) is 18.1. The molecule has 0 atom stereocenters.